The van der Waals surface area contributed by atoms with E-state index in [4.69, 9.17) is 9.47 Å². The van der Waals surface area contributed by atoms with Crippen LogP contribution in [-0.2, 0) is 16.1 Å². The molecule has 27 heavy (non-hydrogen) atoms. The van der Waals surface area contributed by atoms with Gasteiger partial charge in [-0.25, -0.2) is 0 Å². The van der Waals surface area contributed by atoms with Crippen LogP contribution in [0.4, 0.5) is 5.69 Å². The van der Waals surface area contributed by atoms with Crippen molar-refractivity contribution in [2.24, 2.45) is 0 Å². The molecule has 2 aromatic carbocycles. The second-order valence-corrected chi connectivity index (χ2v) is 7.09. The predicted molar refractivity (Wildman–Crippen MR) is 108 cm³/mol. The van der Waals surface area contributed by atoms with Crippen LogP contribution in [0, 0.1) is 0 Å². The number of anilines is 1. The van der Waals surface area contributed by atoms with E-state index < -0.39 is 5.60 Å². The number of ether oxygens (including phenoxy) is 2. The maximum Gasteiger partial charge on any atom is 0.256 e. The van der Waals surface area contributed by atoms with Gasteiger partial charge in [0.1, 0.15) is 18.0 Å². The Morgan fingerprint density at radius 1 is 0.963 bits per heavy atom. The fourth-order valence-electron chi connectivity index (χ4n) is 3.63. The van der Waals surface area contributed by atoms with Crippen molar-refractivity contribution in [3.05, 3.63) is 60.2 Å². The van der Waals surface area contributed by atoms with Gasteiger partial charge in [0, 0.05) is 12.3 Å². The van der Waals surface area contributed by atoms with E-state index in [2.05, 4.69) is 5.32 Å². The van der Waals surface area contributed by atoms with Gasteiger partial charge in [-0.15, -0.1) is 0 Å². The molecule has 0 aliphatic heterocycles. The molecule has 2 aromatic rings. The Bertz CT molecular complexity index is 704. The van der Waals surface area contributed by atoms with E-state index in [1.54, 1.807) is 0 Å². The zero-order valence-electron chi connectivity index (χ0n) is 16.1. The highest BCUT2D eigenvalue weighted by Gasteiger charge is 2.39. The van der Waals surface area contributed by atoms with Crippen LogP contribution >= 0.6 is 0 Å². The minimum absolute atomic E-state index is 0.0239. The lowest BCUT2D eigenvalue weighted by Gasteiger charge is -2.31. The molecule has 0 unspecified atom stereocenters. The van der Waals surface area contributed by atoms with E-state index in [-0.39, 0.29) is 5.91 Å². The number of carbonyl (C=O) groups is 1. The summed E-state index contributed by atoms with van der Waals surface area (Å²) in [5, 5.41) is 3.05. The second-order valence-electron chi connectivity index (χ2n) is 7.09. The Kier molecular flexibility index (Phi) is 6.88. The summed E-state index contributed by atoms with van der Waals surface area (Å²) >= 11 is 0. The highest BCUT2D eigenvalue weighted by atomic mass is 16.5. The Hall–Kier alpha value is -2.33. The molecule has 144 valence electrons. The van der Waals surface area contributed by atoms with E-state index in [0.29, 0.717) is 13.2 Å². The summed E-state index contributed by atoms with van der Waals surface area (Å²) in [6, 6.07) is 17.6. The fourth-order valence-corrected chi connectivity index (χ4v) is 3.63. The van der Waals surface area contributed by atoms with Crippen molar-refractivity contribution in [3.8, 4) is 5.75 Å². The number of amides is 1. The maximum atomic E-state index is 13.0. The van der Waals surface area contributed by atoms with Crippen molar-refractivity contribution >= 4 is 11.6 Å². The lowest BCUT2D eigenvalue weighted by Crippen LogP contribution is -2.45. The number of nitrogens with one attached hydrogen (secondary N) is 1. The van der Waals surface area contributed by atoms with E-state index in [1.807, 2.05) is 61.5 Å². The van der Waals surface area contributed by atoms with Crippen molar-refractivity contribution in [1.29, 1.82) is 0 Å². The summed E-state index contributed by atoms with van der Waals surface area (Å²) < 4.78 is 11.8. The molecule has 1 amide bonds. The van der Waals surface area contributed by atoms with Gasteiger partial charge in [-0.2, -0.15) is 0 Å². The number of benzene rings is 2. The van der Waals surface area contributed by atoms with Crippen molar-refractivity contribution in [3.63, 3.8) is 0 Å². The normalized spacial score (nSPS) is 16.3. The summed E-state index contributed by atoms with van der Waals surface area (Å²) in [6.07, 6.45) is 6.03. The number of hydrogen-bond donors (Lipinski definition) is 1. The standard InChI is InChI=1S/C23H29NO3/c1-2-27-23(16-8-3-4-9-17-23)22(25)24-20-12-14-21(15-13-20)26-18-19-10-6-5-7-11-19/h5-7,10-15H,2-4,8-9,16-18H2,1H3,(H,24,25). The van der Waals surface area contributed by atoms with Crippen LogP contribution in [0.15, 0.2) is 54.6 Å². The van der Waals surface area contributed by atoms with Crippen molar-refractivity contribution in [1.82, 2.24) is 0 Å². The molecule has 0 spiro atoms. The topological polar surface area (TPSA) is 47.6 Å². The Balaban J connectivity index is 1.60. The molecule has 3 rings (SSSR count). The second kappa shape index (κ2) is 9.56. The molecule has 0 aromatic heterocycles. The van der Waals surface area contributed by atoms with Gasteiger partial charge < -0.3 is 14.8 Å². The maximum absolute atomic E-state index is 13.0. The van der Waals surface area contributed by atoms with Gasteiger partial charge in [0.05, 0.1) is 0 Å². The molecule has 1 saturated carbocycles. The Labute approximate surface area is 161 Å². The monoisotopic (exact) mass is 367 g/mol. The molecule has 4 heteroatoms. The first kappa shape index (κ1) is 19.4. The van der Waals surface area contributed by atoms with Crippen LogP contribution in [-0.4, -0.2) is 18.1 Å². The minimum Gasteiger partial charge on any atom is -0.489 e. The average molecular weight is 367 g/mol. The third-order valence-electron chi connectivity index (χ3n) is 5.11. The number of carbonyl (C=O) groups excluding carboxylic acids is 1. The summed E-state index contributed by atoms with van der Waals surface area (Å²) in [4.78, 5) is 13.0. The average Bonchev–Trinajstić information content (AvgIpc) is 2.95. The first-order valence-corrected chi connectivity index (χ1v) is 9.94. The molecule has 4 nitrogen and oxygen atoms in total. The third kappa shape index (κ3) is 5.33. The van der Waals surface area contributed by atoms with Crippen molar-refractivity contribution < 1.29 is 14.3 Å². The largest absolute Gasteiger partial charge is 0.489 e. The first-order valence-electron chi connectivity index (χ1n) is 9.94. The third-order valence-corrected chi connectivity index (χ3v) is 5.11. The van der Waals surface area contributed by atoms with Crippen LogP contribution < -0.4 is 10.1 Å². The zero-order chi connectivity index (χ0) is 19.0. The summed E-state index contributed by atoms with van der Waals surface area (Å²) in [7, 11) is 0. The van der Waals surface area contributed by atoms with Crippen LogP contribution in [0.1, 0.15) is 51.0 Å². The molecule has 1 N–H and O–H groups in total. The van der Waals surface area contributed by atoms with Gasteiger partial charge in [0.15, 0.2) is 0 Å². The van der Waals surface area contributed by atoms with Gasteiger partial charge in [0.2, 0.25) is 0 Å². The zero-order valence-corrected chi connectivity index (χ0v) is 16.1. The van der Waals surface area contributed by atoms with Gasteiger partial charge in [-0.3, -0.25) is 4.79 Å². The van der Waals surface area contributed by atoms with Crippen molar-refractivity contribution in [2.75, 3.05) is 11.9 Å². The van der Waals surface area contributed by atoms with Crippen molar-refractivity contribution in [2.45, 2.75) is 57.7 Å². The van der Waals surface area contributed by atoms with E-state index in [9.17, 15) is 4.79 Å². The minimum atomic E-state index is -0.687. The Morgan fingerprint density at radius 3 is 2.26 bits per heavy atom. The molecular weight excluding hydrogens is 338 g/mol. The molecule has 0 heterocycles. The van der Waals surface area contributed by atoms with Gasteiger partial charge >= 0.3 is 0 Å². The molecule has 1 aliphatic rings. The fraction of sp³-hybridized carbons (Fsp3) is 0.435. The van der Waals surface area contributed by atoms with Gasteiger partial charge in [-0.1, -0.05) is 56.0 Å². The van der Waals surface area contributed by atoms with Crippen LogP contribution in [0.2, 0.25) is 0 Å². The van der Waals surface area contributed by atoms with E-state index >= 15 is 0 Å². The highest BCUT2D eigenvalue weighted by molar-refractivity contribution is 5.97. The molecule has 0 saturated heterocycles. The number of hydrogen-bond acceptors (Lipinski definition) is 3. The lowest BCUT2D eigenvalue weighted by molar-refractivity contribution is -0.143. The number of rotatable bonds is 7. The SMILES string of the molecule is CCOC1(C(=O)Nc2ccc(OCc3ccccc3)cc2)CCCCCC1. The van der Waals surface area contributed by atoms with Crippen LogP contribution in [0.3, 0.4) is 0 Å². The molecule has 1 fully saturated rings. The smallest absolute Gasteiger partial charge is 0.256 e. The molecule has 0 atom stereocenters. The highest BCUT2D eigenvalue weighted by Crippen LogP contribution is 2.32. The molecule has 1 aliphatic carbocycles. The molecular formula is C23H29NO3. The van der Waals surface area contributed by atoms with E-state index in [1.165, 1.54) is 12.8 Å². The van der Waals surface area contributed by atoms with Gasteiger partial charge in [-0.05, 0) is 49.6 Å². The molecule has 0 bridgehead atoms. The Morgan fingerprint density at radius 2 is 1.63 bits per heavy atom. The molecule has 0 radical (unpaired) electrons. The summed E-state index contributed by atoms with van der Waals surface area (Å²) in [5.74, 6) is 0.759. The van der Waals surface area contributed by atoms with Crippen LogP contribution in [0.25, 0.3) is 0 Å². The van der Waals surface area contributed by atoms with E-state index in [0.717, 1.165) is 42.7 Å². The quantitative estimate of drug-likeness (QED) is 0.673. The van der Waals surface area contributed by atoms with Crippen LogP contribution in [0.5, 0.6) is 5.75 Å². The lowest BCUT2D eigenvalue weighted by atomic mass is 9.93. The summed E-state index contributed by atoms with van der Waals surface area (Å²) in [5.41, 5.74) is 1.21. The summed E-state index contributed by atoms with van der Waals surface area (Å²) in [6.45, 7) is 3.04. The van der Waals surface area contributed by atoms with Gasteiger partial charge in [0.25, 0.3) is 5.91 Å². The predicted octanol–water partition coefficient (Wildman–Crippen LogP) is 5.33. The first-order chi connectivity index (χ1) is 13.2.